The van der Waals surface area contributed by atoms with Crippen LogP contribution >= 0.6 is 0 Å². The molecule has 3 rings (SSSR count). The third-order valence-corrected chi connectivity index (χ3v) is 6.48. The van der Waals surface area contributed by atoms with E-state index in [4.69, 9.17) is 5.26 Å². The molecule has 0 atom stereocenters. The zero-order valence-electron chi connectivity index (χ0n) is 14.6. The van der Waals surface area contributed by atoms with Crippen LogP contribution in [0.15, 0.2) is 41.4 Å². The van der Waals surface area contributed by atoms with E-state index in [0.29, 0.717) is 30.0 Å². The van der Waals surface area contributed by atoms with E-state index >= 15 is 0 Å². The minimum absolute atomic E-state index is 0.0465. The number of pyridine rings is 1. The average molecular weight is 387 g/mol. The number of hydrogen-bond donors (Lipinski definition) is 0. The van der Waals surface area contributed by atoms with Gasteiger partial charge in [-0.25, -0.2) is 13.4 Å². The second-order valence-corrected chi connectivity index (χ2v) is 8.02. The van der Waals surface area contributed by atoms with Crippen LogP contribution in [0.2, 0.25) is 0 Å². The molecular weight excluding hydrogens is 370 g/mol. The first-order valence-electron chi connectivity index (χ1n) is 8.19. The molecule has 10 heteroatoms. The maximum atomic E-state index is 13.0. The van der Waals surface area contributed by atoms with E-state index in [2.05, 4.69) is 11.1 Å². The van der Waals surface area contributed by atoms with Crippen molar-refractivity contribution in [2.24, 2.45) is 0 Å². The molecule has 1 aliphatic heterocycles. The Bertz CT molecular complexity index is 1020. The molecule has 0 N–H and O–H groups in total. The molecule has 1 aromatic heterocycles. The van der Waals surface area contributed by atoms with Crippen molar-refractivity contribution in [3.05, 3.63) is 57.8 Å². The number of aromatic nitrogens is 1. The normalized spacial score (nSPS) is 15.3. The van der Waals surface area contributed by atoms with Gasteiger partial charge in [0.2, 0.25) is 10.0 Å². The van der Waals surface area contributed by atoms with E-state index in [9.17, 15) is 18.5 Å². The summed E-state index contributed by atoms with van der Waals surface area (Å²) in [7, 11) is -3.84. The molecule has 0 radical (unpaired) electrons. The van der Waals surface area contributed by atoms with E-state index < -0.39 is 14.9 Å². The Morgan fingerprint density at radius 3 is 2.52 bits per heavy atom. The van der Waals surface area contributed by atoms with Crippen molar-refractivity contribution in [1.29, 1.82) is 5.26 Å². The minimum Gasteiger partial charge on any atom is -0.354 e. The van der Waals surface area contributed by atoms with Crippen molar-refractivity contribution in [3.63, 3.8) is 0 Å². The van der Waals surface area contributed by atoms with Gasteiger partial charge in [0.1, 0.15) is 5.82 Å². The lowest BCUT2D eigenvalue weighted by Crippen LogP contribution is -2.49. The zero-order valence-corrected chi connectivity index (χ0v) is 15.4. The van der Waals surface area contributed by atoms with Crippen molar-refractivity contribution in [1.82, 2.24) is 9.29 Å². The number of nitrogens with zero attached hydrogens (tertiary/aromatic N) is 5. The molecular formula is C17H17N5O4S. The number of nitro groups is 1. The summed E-state index contributed by atoms with van der Waals surface area (Å²) >= 11 is 0. The number of rotatable bonds is 4. The molecule has 1 saturated heterocycles. The molecule has 1 fully saturated rings. The van der Waals surface area contributed by atoms with Gasteiger partial charge in [-0.15, -0.1) is 0 Å². The second-order valence-electron chi connectivity index (χ2n) is 6.11. The van der Waals surface area contributed by atoms with Gasteiger partial charge >= 0.3 is 0 Å². The van der Waals surface area contributed by atoms with Gasteiger partial charge in [0.15, 0.2) is 0 Å². The summed E-state index contributed by atoms with van der Waals surface area (Å²) in [6.45, 7) is 2.89. The van der Waals surface area contributed by atoms with Crippen LogP contribution in [0.25, 0.3) is 0 Å². The molecule has 1 aromatic carbocycles. The van der Waals surface area contributed by atoms with Crippen LogP contribution in [0.5, 0.6) is 0 Å². The Balaban J connectivity index is 1.80. The van der Waals surface area contributed by atoms with Gasteiger partial charge in [0, 0.05) is 44.5 Å². The molecule has 27 heavy (non-hydrogen) atoms. The van der Waals surface area contributed by atoms with Crippen molar-refractivity contribution in [2.45, 2.75) is 11.8 Å². The molecule has 0 spiro atoms. The van der Waals surface area contributed by atoms with E-state index in [-0.39, 0.29) is 23.7 Å². The summed E-state index contributed by atoms with van der Waals surface area (Å²) in [5, 5.41) is 20.0. The SMILES string of the molecule is Cc1ccc([N+](=O)[O-])cc1S(=O)(=O)N1CCN(c2cc(C#N)ccn2)CC1. The Kier molecular flexibility index (Phi) is 5.07. The topological polar surface area (TPSA) is 120 Å². The number of anilines is 1. The lowest BCUT2D eigenvalue weighted by Gasteiger charge is -2.34. The highest BCUT2D eigenvalue weighted by molar-refractivity contribution is 7.89. The number of benzene rings is 1. The number of nitro benzene ring substituents is 1. The molecule has 0 saturated carbocycles. The van der Waals surface area contributed by atoms with Crippen LogP contribution in [0.4, 0.5) is 11.5 Å². The number of nitriles is 1. The van der Waals surface area contributed by atoms with Gasteiger partial charge in [-0.1, -0.05) is 6.07 Å². The van der Waals surface area contributed by atoms with Crippen LogP contribution in [-0.4, -0.2) is 48.8 Å². The van der Waals surface area contributed by atoms with E-state index in [0.717, 1.165) is 6.07 Å². The monoisotopic (exact) mass is 387 g/mol. The first kappa shape index (κ1) is 18.8. The average Bonchev–Trinajstić information content (AvgIpc) is 2.68. The number of hydrogen-bond acceptors (Lipinski definition) is 7. The minimum atomic E-state index is -3.84. The van der Waals surface area contributed by atoms with Crippen molar-refractivity contribution >= 4 is 21.5 Å². The predicted molar refractivity (Wildman–Crippen MR) is 97.8 cm³/mol. The largest absolute Gasteiger partial charge is 0.354 e. The summed E-state index contributed by atoms with van der Waals surface area (Å²) in [5.41, 5.74) is 0.698. The maximum absolute atomic E-state index is 13.0. The molecule has 1 aliphatic rings. The second kappa shape index (κ2) is 7.30. The standard InChI is InChI=1S/C17H17N5O4S/c1-13-2-3-15(22(23)24)11-16(13)27(25,26)21-8-6-20(7-9-21)17-10-14(12-18)4-5-19-17/h2-5,10-11H,6-9H2,1H3. The fraction of sp³-hybridized carbons (Fsp3) is 0.294. The molecule has 0 unspecified atom stereocenters. The van der Waals surface area contributed by atoms with Crippen molar-refractivity contribution in [3.8, 4) is 6.07 Å². The fourth-order valence-corrected chi connectivity index (χ4v) is 4.60. The smallest absolute Gasteiger partial charge is 0.270 e. The van der Waals surface area contributed by atoms with Gasteiger partial charge < -0.3 is 4.90 Å². The molecule has 2 aromatic rings. The number of non-ortho nitro benzene ring substituents is 1. The summed E-state index contributed by atoms with van der Waals surface area (Å²) in [5.74, 6) is 0.623. The highest BCUT2D eigenvalue weighted by Gasteiger charge is 2.31. The van der Waals surface area contributed by atoms with Crippen molar-refractivity contribution in [2.75, 3.05) is 31.1 Å². The first-order valence-corrected chi connectivity index (χ1v) is 9.63. The lowest BCUT2D eigenvalue weighted by atomic mass is 10.2. The van der Waals surface area contributed by atoms with E-state index in [1.54, 1.807) is 25.3 Å². The number of sulfonamides is 1. The summed E-state index contributed by atoms with van der Waals surface area (Å²) in [6, 6.07) is 9.16. The molecule has 0 bridgehead atoms. The van der Waals surface area contributed by atoms with Crippen LogP contribution < -0.4 is 4.90 Å². The lowest BCUT2D eigenvalue weighted by molar-refractivity contribution is -0.385. The van der Waals surface area contributed by atoms with E-state index in [1.807, 2.05) is 4.90 Å². The summed E-state index contributed by atoms with van der Waals surface area (Å²) < 4.78 is 27.2. The van der Waals surface area contributed by atoms with E-state index in [1.165, 1.54) is 16.4 Å². The van der Waals surface area contributed by atoms with Crippen LogP contribution in [-0.2, 0) is 10.0 Å². The predicted octanol–water partition coefficient (Wildman–Crippen LogP) is 1.68. The molecule has 9 nitrogen and oxygen atoms in total. The fourth-order valence-electron chi connectivity index (χ4n) is 2.94. The molecule has 2 heterocycles. The highest BCUT2D eigenvalue weighted by Crippen LogP contribution is 2.26. The quantitative estimate of drug-likeness (QED) is 0.578. The summed E-state index contributed by atoms with van der Waals surface area (Å²) in [4.78, 5) is 16.5. The summed E-state index contributed by atoms with van der Waals surface area (Å²) in [6.07, 6.45) is 1.55. The number of piperazine rings is 1. The third kappa shape index (κ3) is 3.74. The molecule has 0 amide bonds. The van der Waals surface area contributed by atoms with Crippen LogP contribution in [0.3, 0.4) is 0 Å². The first-order chi connectivity index (χ1) is 12.8. The zero-order chi connectivity index (χ0) is 19.6. The van der Waals surface area contributed by atoms with Gasteiger partial charge in [0.05, 0.1) is 21.5 Å². The Morgan fingerprint density at radius 2 is 1.89 bits per heavy atom. The number of aryl methyl sites for hydroxylation is 1. The van der Waals surface area contributed by atoms with Crippen LogP contribution in [0, 0.1) is 28.4 Å². The van der Waals surface area contributed by atoms with Gasteiger partial charge in [-0.05, 0) is 24.6 Å². The Hall–Kier alpha value is -3.03. The van der Waals surface area contributed by atoms with Crippen molar-refractivity contribution < 1.29 is 13.3 Å². The van der Waals surface area contributed by atoms with Gasteiger partial charge in [-0.3, -0.25) is 10.1 Å². The Labute approximate surface area is 156 Å². The molecule has 140 valence electrons. The Morgan fingerprint density at radius 1 is 1.19 bits per heavy atom. The van der Waals surface area contributed by atoms with Gasteiger partial charge in [-0.2, -0.15) is 9.57 Å². The third-order valence-electron chi connectivity index (χ3n) is 4.44. The maximum Gasteiger partial charge on any atom is 0.270 e. The highest BCUT2D eigenvalue weighted by atomic mass is 32.2. The van der Waals surface area contributed by atoms with Gasteiger partial charge in [0.25, 0.3) is 5.69 Å². The van der Waals surface area contributed by atoms with Crippen LogP contribution in [0.1, 0.15) is 11.1 Å². The molecule has 0 aliphatic carbocycles.